The predicted molar refractivity (Wildman–Crippen MR) is 87.5 cm³/mol. The van der Waals surface area contributed by atoms with Crippen LogP contribution in [0.15, 0.2) is 36.4 Å². The average Bonchev–Trinajstić information content (AvgIpc) is 2.55. The molecule has 25 heavy (non-hydrogen) atoms. The molecule has 0 atom stereocenters. The fraction of sp³-hybridized carbons (Fsp3) is 0.188. The quantitative estimate of drug-likeness (QED) is 0.783. The van der Waals surface area contributed by atoms with Gasteiger partial charge in [0.15, 0.2) is 12.4 Å². The molecular weight excluding hydrogens is 382 g/mol. The third-order valence-electron chi connectivity index (χ3n) is 3.00. The maximum Gasteiger partial charge on any atom is 0.416 e. The minimum Gasteiger partial charge on any atom is -0.484 e. The van der Waals surface area contributed by atoms with Gasteiger partial charge in [-0.05, 0) is 24.3 Å². The van der Waals surface area contributed by atoms with Gasteiger partial charge in [0.2, 0.25) is 0 Å². The number of nitrogens with one attached hydrogen (secondary N) is 1. The van der Waals surface area contributed by atoms with E-state index in [2.05, 4.69) is 5.32 Å². The number of ether oxygens (including phenoxy) is 2. The first-order chi connectivity index (χ1) is 11.7. The molecule has 1 N–H and O–H groups in total. The summed E-state index contributed by atoms with van der Waals surface area (Å²) in [5.41, 5.74) is -0.975. The largest absolute Gasteiger partial charge is 0.484 e. The van der Waals surface area contributed by atoms with Gasteiger partial charge in [-0.15, -0.1) is 0 Å². The van der Waals surface area contributed by atoms with Crippen LogP contribution in [0.5, 0.6) is 17.2 Å². The van der Waals surface area contributed by atoms with E-state index < -0.39 is 11.7 Å². The summed E-state index contributed by atoms with van der Waals surface area (Å²) >= 11 is 11.7. The van der Waals surface area contributed by atoms with Crippen molar-refractivity contribution in [2.45, 2.75) is 6.18 Å². The Morgan fingerprint density at radius 1 is 1.12 bits per heavy atom. The van der Waals surface area contributed by atoms with E-state index in [4.69, 9.17) is 32.7 Å². The summed E-state index contributed by atoms with van der Waals surface area (Å²) < 4.78 is 48.9. The minimum atomic E-state index is -4.57. The van der Waals surface area contributed by atoms with Gasteiger partial charge in [-0.25, -0.2) is 0 Å². The third-order valence-corrected chi connectivity index (χ3v) is 3.56. The van der Waals surface area contributed by atoms with Crippen LogP contribution in [0.4, 0.5) is 13.2 Å². The zero-order chi connectivity index (χ0) is 18.6. The van der Waals surface area contributed by atoms with Crippen molar-refractivity contribution in [1.82, 2.24) is 5.32 Å². The highest BCUT2D eigenvalue weighted by atomic mass is 35.5. The summed E-state index contributed by atoms with van der Waals surface area (Å²) in [7, 11) is 1.47. The summed E-state index contributed by atoms with van der Waals surface area (Å²) in [6, 6.07) is 7.62. The topological polar surface area (TPSA) is 47.6 Å². The van der Waals surface area contributed by atoms with E-state index in [1.165, 1.54) is 19.2 Å². The third kappa shape index (κ3) is 5.17. The average molecular weight is 394 g/mol. The van der Waals surface area contributed by atoms with Crippen molar-refractivity contribution < 1.29 is 27.4 Å². The molecule has 9 heteroatoms. The molecule has 0 bridgehead atoms. The Morgan fingerprint density at radius 2 is 1.72 bits per heavy atom. The maximum atomic E-state index is 12.7. The zero-order valence-corrected chi connectivity index (χ0v) is 14.3. The number of hydrogen-bond donors (Lipinski definition) is 1. The van der Waals surface area contributed by atoms with Crippen molar-refractivity contribution in [3.63, 3.8) is 0 Å². The van der Waals surface area contributed by atoms with Gasteiger partial charge in [0.25, 0.3) is 5.91 Å². The molecule has 2 rings (SSSR count). The van der Waals surface area contributed by atoms with Crippen molar-refractivity contribution in [3.8, 4) is 17.2 Å². The zero-order valence-electron chi connectivity index (χ0n) is 12.8. The summed E-state index contributed by atoms with van der Waals surface area (Å²) in [5.74, 6) is 0.137. The molecule has 0 radical (unpaired) electrons. The van der Waals surface area contributed by atoms with Gasteiger partial charge in [0.05, 0.1) is 15.6 Å². The maximum absolute atomic E-state index is 12.7. The number of halogens is 5. The van der Waals surface area contributed by atoms with Crippen LogP contribution in [-0.2, 0) is 11.0 Å². The van der Waals surface area contributed by atoms with Crippen molar-refractivity contribution in [1.29, 1.82) is 0 Å². The predicted octanol–water partition coefficient (Wildman–Crippen LogP) is 4.93. The second-order valence-corrected chi connectivity index (χ2v) is 5.62. The van der Waals surface area contributed by atoms with Crippen LogP contribution in [0.25, 0.3) is 0 Å². The molecule has 0 fully saturated rings. The van der Waals surface area contributed by atoms with E-state index in [9.17, 15) is 18.0 Å². The molecule has 0 unspecified atom stereocenters. The van der Waals surface area contributed by atoms with E-state index in [0.717, 1.165) is 12.1 Å². The van der Waals surface area contributed by atoms with E-state index in [1.54, 1.807) is 12.1 Å². The monoisotopic (exact) mass is 393 g/mol. The molecule has 0 spiro atoms. The van der Waals surface area contributed by atoms with Crippen LogP contribution >= 0.6 is 23.2 Å². The highest BCUT2D eigenvalue weighted by molar-refractivity contribution is 6.37. The van der Waals surface area contributed by atoms with Gasteiger partial charge < -0.3 is 14.8 Å². The number of benzene rings is 2. The summed E-state index contributed by atoms with van der Waals surface area (Å²) in [6.07, 6.45) is -4.57. The summed E-state index contributed by atoms with van der Waals surface area (Å²) in [5, 5.41) is 1.84. The van der Waals surface area contributed by atoms with E-state index in [0.29, 0.717) is 5.75 Å². The van der Waals surface area contributed by atoms with Gasteiger partial charge >= 0.3 is 6.18 Å². The molecular formula is C16H12Cl2F3NO3. The highest BCUT2D eigenvalue weighted by Gasteiger charge is 2.32. The highest BCUT2D eigenvalue weighted by Crippen LogP contribution is 2.41. The fourth-order valence-electron chi connectivity index (χ4n) is 1.79. The van der Waals surface area contributed by atoms with Gasteiger partial charge in [0, 0.05) is 13.1 Å². The SMILES string of the molecule is CNC(=O)COc1cccc(Oc2c(Cl)cc(C(F)(F)F)cc2Cl)c1. The molecule has 0 aliphatic heterocycles. The standard InChI is InChI=1S/C16H12Cl2F3NO3/c1-22-14(23)8-24-10-3-2-4-11(7-10)25-15-12(17)5-9(6-13(15)18)16(19,20)21/h2-7H,8H2,1H3,(H,22,23). The van der Waals surface area contributed by atoms with Gasteiger partial charge in [0.1, 0.15) is 11.5 Å². The Labute approximate surface area is 151 Å². The van der Waals surface area contributed by atoms with Gasteiger partial charge in [-0.1, -0.05) is 29.3 Å². The number of alkyl halides is 3. The Bertz CT molecular complexity index is 758. The molecule has 0 aliphatic carbocycles. The van der Waals surface area contributed by atoms with Crippen LogP contribution in [0.2, 0.25) is 10.0 Å². The molecule has 1 amide bonds. The number of hydrogen-bond acceptors (Lipinski definition) is 3. The molecule has 2 aromatic rings. The molecule has 0 heterocycles. The van der Waals surface area contributed by atoms with Crippen LogP contribution in [0.1, 0.15) is 5.56 Å². The van der Waals surface area contributed by atoms with Gasteiger partial charge in [-0.3, -0.25) is 4.79 Å². The van der Waals surface area contributed by atoms with E-state index in [-0.39, 0.29) is 34.1 Å². The van der Waals surface area contributed by atoms with Crippen molar-refractivity contribution in [2.75, 3.05) is 13.7 Å². The molecule has 4 nitrogen and oxygen atoms in total. The molecule has 0 saturated carbocycles. The Morgan fingerprint density at radius 3 is 2.28 bits per heavy atom. The van der Waals surface area contributed by atoms with Crippen LogP contribution < -0.4 is 14.8 Å². The smallest absolute Gasteiger partial charge is 0.416 e. The number of carbonyl (C=O) groups excluding carboxylic acids is 1. The summed E-state index contributed by atoms with van der Waals surface area (Å²) in [6.45, 7) is -0.193. The minimum absolute atomic E-state index is 0.111. The molecule has 2 aromatic carbocycles. The van der Waals surface area contributed by atoms with Crippen molar-refractivity contribution >= 4 is 29.1 Å². The lowest BCUT2D eigenvalue weighted by Crippen LogP contribution is -2.24. The van der Waals surface area contributed by atoms with E-state index >= 15 is 0 Å². The molecule has 0 saturated heterocycles. The van der Waals surface area contributed by atoms with Gasteiger partial charge in [-0.2, -0.15) is 13.2 Å². The fourth-order valence-corrected chi connectivity index (χ4v) is 2.35. The number of carbonyl (C=O) groups is 1. The first-order valence-corrected chi connectivity index (χ1v) is 7.64. The van der Waals surface area contributed by atoms with E-state index in [1.807, 2.05) is 0 Å². The lowest BCUT2D eigenvalue weighted by molar-refractivity contribution is -0.137. The Balaban J connectivity index is 2.21. The first kappa shape index (κ1) is 19.2. The van der Waals surface area contributed by atoms with Crippen molar-refractivity contribution in [2.24, 2.45) is 0 Å². The van der Waals surface area contributed by atoms with Crippen LogP contribution in [0, 0.1) is 0 Å². The summed E-state index contributed by atoms with van der Waals surface area (Å²) in [4.78, 5) is 11.2. The lowest BCUT2D eigenvalue weighted by atomic mass is 10.2. The Hall–Kier alpha value is -2.12. The van der Waals surface area contributed by atoms with Crippen molar-refractivity contribution in [3.05, 3.63) is 52.0 Å². The second-order valence-electron chi connectivity index (χ2n) is 4.81. The lowest BCUT2D eigenvalue weighted by Gasteiger charge is -2.14. The number of likely N-dealkylation sites (N-methyl/N-ethyl adjacent to an activating group) is 1. The second kappa shape index (κ2) is 7.84. The van der Waals surface area contributed by atoms with Crippen LogP contribution in [-0.4, -0.2) is 19.6 Å². The Kier molecular flexibility index (Phi) is 6.02. The van der Waals surface area contributed by atoms with Crippen LogP contribution in [0.3, 0.4) is 0 Å². The number of rotatable bonds is 5. The molecule has 0 aromatic heterocycles. The molecule has 134 valence electrons. The first-order valence-electron chi connectivity index (χ1n) is 6.88. The molecule has 0 aliphatic rings. The normalized spacial score (nSPS) is 11.1. The number of amides is 1.